The van der Waals surface area contributed by atoms with Crippen LogP contribution in [0.3, 0.4) is 0 Å². The van der Waals surface area contributed by atoms with Crippen molar-refractivity contribution in [2.45, 2.75) is 34.1 Å². The summed E-state index contributed by atoms with van der Waals surface area (Å²) in [4.78, 5) is 24.1. The third-order valence-corrected chi connectivity index (χ3v) is 1.78. The minimum Gasteiger partial charge on any atom is -0.465 e. The second-order valence-corrected chi connectivity index (χ2v) is 4.79. The topological polar surface area (TPSA) is 46.6 Å². The standard InChI is InChI=1S/C11H21NO3/c1-6-15-10(14)8-12(5)9(13)7-11(2,3)4/h6-8H2,1-5H3. The first-order chi connectivity index (χ1) is 6.76. The second-order valence-electron chi connectivity index (χ2n) is 4.79. The summed E-state index contributed by atoms with van der Waals surface area (Å²) < 4.78 is 4.76. The number of rotatable bonds is 4. The van der Waals surface area contributed by atoms with E-state index in [4.69, 9.17) is 4.74 Å². The molecule has 0 bridgehead atoms. The number of nitrogens with zero attached hydrogens (tertiary/aromatic N) is 1. The van der Waals surface area contributed by atoms with Crippen molar-refractivity contribution in [3.63, 3.8) is 0 Å². The monoisotopic (exact) mass is 215 g/mol. The fourth-order valence-corrected chi connectivity index (χ4v) is 1.08. The van der Waals surface area contributed by atoms with E-state index in [0.717, 1.165) is 0 Å². The average molecular weight is 215 g/mol. The van der Waals surface area contributed by atoms with Gasteiger partial charge in [-0.05, 0) is 12.3 Å². The van der Waals surface area contributed by atoms with Gasteiger partial charge < -0.3 is 9.64 Å². The van der Waals surface area contributed by atoms with E-state index in [-0.39, 0.29) is 23.8 Å². The Labute approximate surface area is 91.6 Å². The average Bonchev–Trinajstić information content (AvgIpc) is 2.00. The van der Waals surface area contributed by atoms with Crippen LogP contribution in [-0.2, 0) is 14.3 Å². The van der Waals surface area contributed by atoms with Crippen molar-refractivity contribution in [1.82, 2.24) is 4.90 Å². The first kappa shape index (κ1) is 13.9. The molecule has 4 heteroatoms. The van der Waals surface area contributed by atoms with Crippen LogP contribution < -0.4 is 0 Å². The molecule has 0 aliphatic heterocycles. The molecular formula is C11H21NO3. The molecule has 0 saturated heterocycles. The molecule has 0 fully saturated rings. The molecule has 0 radical (unpaired) electrons. The van der Waals surface area contributed by atoms with Gasteiger partial charge in [0, 0.05) is 13.5 Å². The molecule has 0 aromatic rings. The van der Waals surface area contributed by atoms with Crippen molar-refractivity contribution >= 4 is 11.9 Å². The van der Waals surface area contributed by atoms with Crippen molar-refractivity contribution in [2.75, 3.05) is 20.2 Å². The van der Waals surface area contributed by atoms with E-state index in [2.05, 4.69) is 0 Å². The van der Waals surface area contributed by atoms with Crippen molar-refractivity contribution in [3.8, 4) is 0 Å². The lowest BCUT2D eigenvalue weighted by Crippen LogP contribution is -2.35. The third-order valence-electron chi connectivity index (χ3n) is 1.78. The number of ether oxygens (including phenoxy) is 1. The maximum absolute atomic E-state index is 11.6. The van der Waals surface area contributed by atoms with Gasteiger partial charge in [0.05, 0.1) is 6.61 Å². The molecule has 0 aromatic heterocycles. The Balaban J connectivity index is 4.05. The molecule has 0 saturated carbocycles. The summed E-state index contributed by atoms with van der Waals surface area (Å²) in [6.45, 7) is 8.09. The molecule has 0 aliphatic rings. The summed E-state index contributed by atoms with van der Waals surface area (Å²) in [5.74, 6) is -0.391. The number of likely N-dealkylation sites (N-methyl/N-ethyl adjacent to an activating group) is 1. The van der Waals surface area contributed by atoms with Gasteiger partial charge in [0.2, 0.25) is 5.91 Å². The smallest absolute Gasteiger partial charge is 0.325 e. The lowest BCUT2D eigenvalue weighted by atomic mass is 9.92. The van der Waals surface area contributed by atoms with Gasteiger partial charge in [0.15, 0.2) is 0 Å². The van der Waals surface area contributed by atoms with E-state index >= 15 is 0 Å². The second kappa shape index (κ2) is 5.73. The number of amides is 1. The van der Waals surface area contributed by atoms with Crippen LogP contribution in [0.1, 0.15) is 34.1 Å². The van der Waals surface area contributed by atoms with Gasteiger partial charge in [0.25, 0.3) is 0 Å². The molecule has 0 aliphatic carbocycles. The van der Waals surface area contributed by atoms with Crippen molar-refractivity contribution in [1.29, 1.82) is 0 Å². The van der Waals surface area contributed by atoms with Gasteiger partial charge in [-0.25, -0.2) is 0 Å². The summed E-state index contributed by atoms with van der Waals surface area (Å²) in [5, 5.41) is 0. The maximum atomic E-state index is 11.6. The Hall–Kier alpha value is -1.06. The zero-order valence-corrected chi connectivity index (χ0v) is 10.3. The molecule has 0 atom stereocenters. The fourth-order valence-electron chi connectivity index (χ4n) is 1.08. The number of esters is 1. The van der Waals surface area contributed by atoms with Crippen LogP contribution in [0.5, 0.6) is 0 Å². The summed E-state index contributed by atoms with van der Waals surface area (Å²) in [5.41, 5.74) is -0.0556. The highest BCUT2D eigenvalue weighted by Gasteiger charge is 2.20. The van der Waals surface area contributed by atoms with Crippen LogP contribution in [0.2, 0.25) is 0 Å². The first-order valence-corrected chi connectivity index (χ1v) is 5.16. The zero-order chi connectivity index (χ0) is 12.1. The Morgan fingerprint density at radius 1 is 1.27 bits per heavy atom. The van der Waals surface area contributed by atoms with Crippen LogP contribution >= 0.6 is 0 Å². The molecule has 0 spiro atoms. The zero-order valence-electron chi connectivity index (χ0n) is 10.3. The normalized spacial score (nSPS) is 11.0. The summed E-state index contributed by atoms with van der Waals surface area (Å²) in [6, 6.07) is 0. The Bertz CT molecular complexity index is 230. The van der Waals surface area contributed by atoms with Crippen LogP contribution in [0.25, 0.3) is 0 Å². The van der Waals surface area contributed by atoms with Gasteiger partial charge in [-0.1, -0.05) is 20.8 Å². The molecule has 0 rings (SSSR count). The van der Waals surface area contributed by atoms with Crippen LogP contribution in [0, 0.1) is 5.41 Å². The summed E-state index contributed by atoms with van der Waals surface area (Å²) >= 11 is 0. The maximum Gasteiger partial charge on any atom is 0.325 e. The number of hydrogen-bond acceptors (Lipinski definition) is 3. The lowest BCUT2D eigenvalue weighted by Gasteiger charge is -2.22. The molecule has 0 aromatic carbocycles. The Kier molecular flexibility index (Phi) is 5.33. The van der Waals surface area contributed by atoms with Crippen LogP contribution in [0.4, 0.5) is 0 Å². The van der Waals surface area contributed by atoms with E-state index in [0.29, 0.717) is 13.0 Å². The third kappa shape index (κ3) is 6.94. The van der Waals surface area contributed by atoms with E-state index in [1.165, 1.54) is 4.90 Å². The predicted octanol–water partition coefficient (Wildman–Crippen LogP) is 1.44. The molecule has 15 heavy (non-hydrogen) atoms. The van der Waals surface area contributed by atoms with Crippen molar-refractivity contribution < 1.29 is 14.3 Å². The minimum absolute atomic E-state index is 0.0305. The molecular weight excluding hydrogens is 194 g/mol. The highest BCUT2D eigenvalue weighted by Crippen LogP contribution is 2.19. The lowest BCUT2D eigenvalue weighted by molar-refractivity contribution is -0.148. The molecule has 0 unspecified atom stereocenters. The van der Waals surface area contributed by atoms with Crippen molar-refractivity contribution in [2.24, 2.45) is 5.41 Å². The van der Waals surface area contributed by atoms with Gasteiger partial charge in [-0.2, -0.15) is 0 Å². The van der Waals surface area contributed by atoms with Gasteiger partial charge in [0.1, 0.15) is 6.54 Å². The molecule has 0 heterocycles. The molecule has 1 amide bonds. The molecule has 4 nitrogen and oxygen atoms in total. The number of carbonyl (C=O) groups excluding carboxylic acids is 2. The summed E-state index contributed by atoms with van der Waals surface area (Å²) in [7, 11) is 1.62. The number of hydrogen-bond donors (Lipinski definition) is 0. The highest BCUT2D eigenvalue weighted by molar-refractivity contribution is 5.82. The largest absolute Gasteiger partial charge is 0.465 e. The van der Waals surface area contributed by atoms with E-state index < -0.39 is 0 Å². The molecule has 88 valence electrons. The Morgan fingerprint density at radius 3 is 2.20 bits per heavy atom. The van der Waals surface area contributed by atoms with E-state index in [1.807, 2.05) is 20.8 Å². The van der Waals surface area contributed by atoms with Gasteiger partial charge >= 0.3 is 5.97 Å². The van der Waals surface area contributed by atoms with Crippen LogP contribution in [-0.4, -0.2) is 37.0 Å². The Morgan fingerprint density at radius 2 is 1.80 bits per heavy atom. The summed E-state index contributed by atoms with van der Waals surface area (Å²) in [6.07, 6.45) is 0.433. The van der Waals surface area contributed by atoms with Gasteiger partial charge in [-0.15, -0.1) is 0 Å². The number of carbonyl (C=O) groups is 2. The van der Waals surface area contributed by atoms with Crippen molar-refractivity contribution in [3.05, 3.63) is 0 Å². The quantitative estimate of drug-likeness (QED) is 0.667. The van der Waals surface area contributed by atoms with Gasteiger partial charge in [-0.3, -0.25) is 9.59 Å². The molecule has 0 N–H and O–H groups in total. The fraction of sp³-hybridized carbons (Fsp3) is 0.818. The predicted molar refractivity (Wildman–Crippen MR) is 58.3 cm³/mol. The van der Waals surface area contributed by atoms with E-state index in [1.54, 1.807) is 14.0 Å². The highest BCUT2D eigenvalue weighted by atomic mass is 16.5. The van der Waals surface area contributed by atoms with E-state index in [9.17, 15) is 9.59 Å². The van der Waals surface area contributed by atoms with Crippen LogP contribution in [0.15, 0.2) is 0 Å². The first-order valence-electron chi connectivity index (χ1n) is 5.16. The minimum atomic E-state index is -0.359. The SMILES string of the molecule is CCOC(=O)CN(C)C(=O)CC(C)(C)C.